The van der Waals surface area contributed by atoms with Crippen molar-refractivity contribution in [1.82, 2.24) is 4.98 Å². The Bertz CT molecular complexity index is 1340. The van der Waals surface area contributed by atoms with Gasteiger partial charge in [0.2, 0.25) is 0 Å². The molecule has 2 N–H and O–H groups in total. The van der Waals surface area contributed by atoms with Gasteiger partial charge in [-0.2, -0.15) is 0 Å². The quantitative estimate of drug-likeness (QED) is 0.313. The number of thiol groups is 1. The molecule has 0 aliphatic heterocycles. The summed E-state index contributed by atoms with van der Waals surface area (Å²) >= 11 is 0. The molecule has 0 unspecified atom stereocenters. The standard InChI is InChI=1S/C24H22N4O2S/c1-24(2)12-5-6-16(11-13-24)20-10-9-17(15-26-20)27-28-21-14-22(31(29)30)18-7-3-4-8-19(18)23(21)25/h3-15,31H,25H2,1-2H3/b28-27+. The van der Waals surface area contributed by atoms with Gasteiger partial charge >= 0.3 is 0 Å². The smallest absolute Gasteiger partial charge is 0.168 e. The lowest BCUT2D eigenvalue weighted by Crippen LogP contribution is -2.00. The third kappa shape index (κ3) is 4.46. The van der Waals surface area contributed by atoms with Crippen LogP contribution >= 0.6 is 0 Å². The third-order valence-electron chi connectivity index (χ3n) is 5.05. The first-order valence-corrected chi connectivity index (χ1v) is 10.9. The van der Waals surface area contributed by atoms with Crippen molar-refractivity contribution in [2.75, 3.05) is 5.73 Å². The molecule has 0 fully saturated rings. The van der Waals surface area contributed by atoms with Crippen molar-refractivity contribution < 1.29 is 8.42 Å². The van der Waals surface area contributed by atoms with E-state index in [0.717, 1.165) is 11.3 Å². The fourth-order valence-electron chi connectivity index (χ4n) is 3.31. The lowest BCUT2D eigenvalue weighted by molar-refractivity contribution is 0.615. The van der Waals surface area contributed by atoms with Gasteiger partial charge in [-0.3, -0.25) is 4.98 Å². The van der Waals surface area contributed by atoms with Crippen molar-refractivity contribution in [3.63, 3.8) is 0 Å². The van der Waals surface area contributed by atoms with Crippen molar-refractivity contribution in [2.24, 2.45) is 15.6 Å². The number of azo groups is 1. The second-order valence-electron chi connectivity index (χ2n) is 7.87. The highest BCUT2D eigenvalue weighted by Crippen LogP contribution is 2.35. The molecule has 1 aliphatic carbocycles. The van der Waals surface area contributed by atoms with E-state index < -0.39 is 10.7 Å². The van der Waals surface area contributed by atoms with E-state index in [0.29, 0.717) is 27.8 Å². The van der Waals surface area contributed by atoms with Crippen LogP contribution in [-0.2, 0) is 10.7 Å². The van der Waals surface area contributed by atoms with Gasteiger partial charge in [-0.15, -0.1) is 10.2 Å². The highest BCUT2D eigenvalue weighted by Gasteiger charge is 2.13. The summed E-state index contributed by atoms with van der Waals surface area (Å²) < 4.78 is 23.4. The Morgan fingerprint density at radius 2 is 1.77 bits per heavy atom. The fourth-order valence-corrected chi connectivity index (χ4v) is 3.93. The van der Waals surface area contributed by atoms with Crippen LogP contribution in [0.25, 0.3) is 16.3 Å². The molecule has 0 saturated carbocycles. The highest BCUT2D eigenvalue weighted by molar-refractivity contribution is 7.72. The summed E-state index contributed by atoms with van der Waals surface area (Å²) in [6.45, 7) is 4.28. The molecular weight excluding hydrogens is 408 g/mol. The minimum absolute atomic E-state index is 0.000433. The third-order valence-corrected chi connectivity index (χ3v) is 5.81. The number of pyridine rings is 1. The number of nitrogens with two attached hydrogens (primary N) is 1. The Balaban J connectivity index is 1.64. The predicted molar refractivity (Wildman–Crippen MR) is 125 cm³/mol. The Labute approximate surface area is 182 Å². The molecule has 2 aromatic carbocycles. The van der Waals surface area contributed by atoms with Crippen molar-refractivity contribution in [3.8, 4) is 0 Å². The van der Waals surface area contributed by atoms with E-state index >= 15 is 0 Å². The fraction of sp³-hybridized carbons (Fsp3) is 0.125. The molecule has 0 radical (unpaired) electrons. The monoisotopic (exact) mass is 430 g/mol. The SMILES string of the molecule is CC1(C)C=CC=C(c2ccc(/N=N/c3cc([SH](=O)=O)c4ccccc4c3N)cn2)C=C1. The van der Waals surface area contributed by atoms with Crippen LogP contribution in [0.15, 0.2) is 94.2 Å². The van der Waals surface area contributed by atoms with E-state index in [2.05, 4.69) is 47.3 Å². The van der Waals surface area contributed by atoms with E-state index in [1.807, 2.05) is 24.3 Å². The van der Waals surface area contributed by atoms with Crippen LogP contribution in [0, 0.1) is 5.41 Å². The summed E-state index contributed by atoms with van der Waals surface area (Å²) in [5.74, 6) is 0. The number of benzene rings is 2. The maximum absolute atomic E-state index is 11.7. The molecule has 1 aromatic heterocycles. The number of allylic oxidation sites excluding steroid dienone is 6. The summed E-state index contributed by atoms with van der Waals surface area (Å²) in [5, 5.41) is 9.61. The van der Waals surface area contributed by atoms with Gasteiger partial charge in [0.1, 0.15) is 11.4 Å². The minimum atomic E-state index is -2.80. The maximum Gasteiger partial charge on any atom is 0.168 e. The van der Waals surface area contributed by atoms with Gasteiger partial charge in [0.15, 0.2) is 10.7 Å². The summed E-state index contributed by atoms with van der Waals surface area (Å²) in [6, 6.07) is 12.2. The van der Waals surface area contributed by atoms with Crippen LogP contribution in [0.1, 0.15) is 19.5 Å². The van der Waals surface area contributed by atoms with Crippen LogP contribution in [0.4, 0.5) is 17.1 Å². The molecule has 1 heterocycles. The number of anilines is 1. The van der Waals surface area contributed by atoms with Crippen LogP contribution < -0.4 is 5.73 Å². The topological polar surface area (TPSA) is 97.8 Å². The zero-order chi connectivity index (χ0) is 22.0. The van der Waals surface area contributed by atoms with Crippen molar-refractivity contribution in [1.29, 1.82) is 0 Å². The molecule has 7 heteroatoms. The van der Waals surface area contributed by atoms with Crippen LogP contribution in [0.3, 0.4) is 0 Å². The lowest BCUT2D eigenvalue weighted by atomic mass is 9.93. The van der Waals surface area contributed by atoms with Gasteiger partial charge < -0.3 is 5.73 Å². The summed E-state index contributed by atoms with van der Waals surface area (Å²) in [6.07, 6.45) is 12.0. The first-order valence-electron chi connectivity index (χ1n) is 9.77. The van der Waals surface area contributed by atoms with Gasteiger partial charge in [-0.05, 0) is 23.8 Å². The number of hydrogen-bond donors (Lipinski definition) is 2. The largest absolute Gasteiger partial charge is 0.396 e. The average Bonchev–Trinajstić information content (AvgIpc) is 2.94. The summed E-state index contributed by atoms with van der Waals surface area (Å²) in [7, 11) is -2.80. The van der Waals surface area contributed by atoms with Crippen molar-refractivity contribution >= 4 is 44.1 Å². The molecule has 31 heavy (non-hydrogen) atoms. The summed E-state index contributed by atoms with van der Waals surface area (Å²) in [5.41, 5.74) is 9.28. The summed E-state index contributed by atoms with van der Waals surface area (Å²) in [4.78, 5) is 4.66. The van der Waals surface area contributed by atoms with E-state index in [1.165, 1.54) is 6.07 Å². The normalized spacial score (nSPS) is 15.5. The number of aromatic nitrogens is 1. The van der Waals surface area contributed by atoms with Crippen molar-refractivity contribution in [3.05, 3.63) is 84.7 Å². The molecule has 3 aromatic rings. The molecule has 156 valence electrons. The first-order chi connectivity index (χ1) is 14.8. The molecule has 0 spiro atoms. The van der Waals surface area contributed by atoms with Crippen LogP contribution in [0.2, 0.25) is 0 Å². The first kappa shape index (κ1) is 20.7. The molecular formula is C24H22N4O2S. The average molecular weight is 431 g/mol. The molecule has 0 saturated heterocycles. The van der Waals surface area contributed by atoms with E-state index in [1.54, 1.807) is 30.5 Å². The maximum atomic E-state index is 11.7. The zero-order valence-electron chi connectivity index (χ0n) is 17.2. The van der Waals surface area contributed by atoms with E-state index in [-0.39, 0.29) is 10.3 Å². The minimum Gasteiger partial charge on any atom is -0.396 e. The predicted octanol–water partition coefficient (Wildman–Crippen LogP) is 5.74. The molecule has 1 aliphatic rings. The zero-order valence-corrected chi connectivity index (χ0v) is 18.1. The van der Waals surface area contributed by atoms with E-state index in [9.17, 15) is 8.42 Å². The van der Waals surface area contributed by atoms with Crippen LogP contribution in [-0.4, -0.2) is 13.4 Å². The molecule has 0 bridgehead atoms. The molecule has 6 nitrogen and oxygen atoms in total. The van der Waals surface area contributed by atoms with Gasteiger partial charge in [0, 0.05) is 16.2 Å². The Morgan fingerprint density at radius 1 is 1.00 bits per heavy atom. The van der Waals surface area contributed by atoms with E-state index in [4.69, 9.17) is 5.73 Å². The lowest BCUT2D eigenvalue weighted by Gasteiger charge is -2.12. The van der Waals surface area contributed by atoms with Gasteiger partial charge in [-0.25, -0.2) is 8.42 Å². The second kappa shape index (κ2) is 8.28. The number of rotatable bonds is 4. The van der Waals surface area contributed by atoms with Crippen molar-refractivity contribution in [2.45, 2.75) is 18.7 Å². The second-order valence-corrected chi connectivity index (χ2v) is 8.86. The molecule has 4 rings (SSSR count). The van der Waals surface area contributed by atoms with Gasteiger partial charge in [-0.1, -0.05) is 68.5 Å². The Hall–Kier alpha value is -3.58. The Kier molecular flexibility index (Phi) is 5.52. The molecule has 0 atom stereocenters. The van der Waals surface area contributed by atoms with Crippen LogP contribution in [0.5, 0.6) is 0 Å². The van der Waals surface area contributed by atoms with Gasteiger partial charge in [0.25, 0.3) is 0 Å². The number of hydrogen-bond acceptors (Lipinski definition) is 6. The number of fused-ring (bicyclic) bond motifs is 1. The number of nitrogen functional groups attached to an aromatic ring is 1. The highest BCUT2D eigenvalue weighted by atomic mass is 32.2. The Morgan fingerprint density at radius 3 is 2.48 bits per heavy atom. The molecule has 0 amide bonds. The van der Waals surface area contributed by atoms with Gasteiger partial charge in [0.05, 0.1) is 22.5 Å². The number of nitrogens with zero attached hydrogens (tertiary/aromatic N) is 3.